The molecule has 2 aromatic rings. The van der Waals surface area contributed by atoms with Crippen LogP contribution < -0.4 is 5.32 Å². The predicted octanol–water partition coefficient (Wildman–Crippen LogP) is 4.41. The Bertz CT molecular complexity index is 947. The highest BCUT2D eigenvalue weighted by Crippen LogP contribution is 2.22. The van der Waals surface area contributed by atoms with E-state index in [9.17, 15) is 9.59 Å². The summed E-state index contributed by atoms with van der Waals surface area (Å²) in [5.74, 6) is -0.117. The maximum atomic E-state index is 12.5. The van der Waals surface area contributed by atoms with Crippen molar-refractivity contribution < 1.29 is 9.59 Å². The molecule has 158 valence electrons. The Labute approximate surface area is 187 Å². The third-order valence-electron chi connectivity index (χ3n) is 5.16. The lowest BCUT2D eigenvalue weighted by molar-refractivity contribution is -0.127. The van der Waals surface area contributed by atoms with Gasteiger partial charge in [0.15, 0.2) is 0 Å². The summed E-state index contributed by atoms with van der Waals surface area (Å²) in [6.07, 6.45) is 3.20. The van der Waals surface area contributed by atoms with Gasteiger partial charge in [-0.2, -0.15) is 0 Å². The molecule has 5 nitrogen and oxygen atoms in total. The molecule has 1 heterocycles. The van der Waals surface area contributed by atoms with E-state index in [-0.39, 0.29) is 11.8 Å². The van der Waals surface area contributed by atoms with Crippen LogP contribution >= 0.6 is 23.2 Å². The van der Waals surface area contributed by atoms with Crippen LogP contribution in [0.1, 0.15) is 16.7 Å². The third-order valence-corrected chi connectivity index (χ3v) is 5.74. The van der Waals surface area contributed by atoms with Crippen molar-refractivity contribution in [1.29, 1.82) is 0 Å². The summed E-state index contributed by atoms with van der Waals surface area (Å²) in [7, 11) is 0. The van der Waals surface area contributed by atoms with Crippen molar-refractivity contribution in [2.24, 2.45) is 0 Å². The van der Waals surface area contributed by atoms with Crippen LogP contribution in [-0.2, 0) is 9.59 Å². The quantitative estimate of drug-likeness (QED) is 0.693. The molecule has 1 saturated heterocycles. The van der Waals surface area contributed by atoms with Crippen LogP contribution in [0.2, 0.25) is 10.0 Å². The summed E-state index contributed by atoms with van der Waals surface area (Å²) in [5, 5.41) is 4.13. The highest BCUT2D eigenvalue weighted by atomic mass is 35.5. The monoisotopic (exact) mass is 445 g/mol. The molecule has 0 unspecified atom stereocenters. The molecule has 2 aromatic carbocycles. The van der Waals surface area contributed by atoms with Gasteiger partial charge in [0.2, 0.25) is 11.8 Å². The highest BCUT2D eigenvalue weighted by Gasteiger charge is 2.21. The Morgan fingerprint density at radius 2 is 1.70 bits per heavy atom. The van der Waals surface area contributed by atoms with E-state index in [0.717, 1.165) is 16.8 Å². The zero-order chi connectivity index (χ0) is 21.7. The van der Waals surface area contributed by atoms with Crippen LogP contribution in [0.25, 0.3) is 6.08 Å². The van der Waals surface area contributed by atoms with Crippen LogP contribution in [0, 0.1) is 13.8 Å². The molecular weight excluding hydrogens is 421 g/mol. The number of nitrogens with one attached hydrogen (secondary N) is 1. The van der Waals surface area contributed by atoms with E-state index in [2.05, 4.69) is 10.2 Å². The van der Waals surface area contributed by atoms with E-state index < -0.39 is 0 Å². The summed E-state index contributed by atoms with van der Waals surface area (Å²) in [6, 6.07) is 11.1. The van der Waals surface area contributed by atoms with Crippen LogP contribution in [0.15, 0.2) is 42.5 Å². The topological polar surface area (TPSA) is 52.7 Å². The average molecular weight is 446 g/mol. The van der Waals surface area contributed by atoms with Crippen molar-refractivity contribution in [2.45, 2.75) is 13.8 Å². The molecular formula is C23H25Cl2N3O2. The molecule has 0 aliphatic carbocycles. The molecule has 1 aliphatic rings. The lowest BCUT2D eigenvalue weighted by atomic mass is 10.1. The number of para-hydroxylation sites is 1. The highest BCUT2D eigenvalue weighted by molar-refractivity contribution is 6.34. The van der Waals surface area contributed by atoms with Gasteiger partial charge in [0, 0.05) is 48.0 Å². The van der Waals surface area contributed by atoms with E-state index in [0.29, 0.717) is 48.3 Å². The van der Waals surface area contributed by atoms with E-state index in [1.165, 1.54) is 6.08 Å². The summed E-state index contributed by atoms with van der Waals surface area (Å²) in [5.41, 5.74) is 3.68. The molecule has 0 spiro atoms. The first kappa shape index (κ1) is 22.3. The summed E-state index contributed by atoms with van der Waals surface area (Å²) >= 11 is 12.1. The van der Waals surface area contributed by atoms with Gasteiger partial charge >= 0.3 is 0 Å². The molecule has 0 bridgehead atoms. The Kier molecular flexibility index (Phi) is 7.53. The molecule has 0 radical (unpaired) electrons. The van der Waals surface area contributed by atoms with Crippen molar-refractivity contribution in [3.05, 3.63) is 69.2 Å². The van der Waals surface area contributed by atoms with Crippen LogP contribution in [0.3, 0.4) is 0 Å². The number of piperazine rings is 1. The first-order chi connectivity index (χ1) is 14.3. The molecule has 0 aromatic heterocycles. The zero-order valence-corrected chi connectivity index (χ0v) is 18.6. The first-order valence-corrected chi connectivity index (χ1v) is 10.6. The smallest absolute Gasteiger partial charge is 0.246 e. The van der Waals surface area contributed by atoms with E-state index >= 15 is 0 Å². The van der Waals surface area contributed by atoms with Gasteiger partial charge in [-0.15, -0.1) is 0 Å². The zero-order valence-electron chi connectivity index (χ0n) is 17.1. The number of carbonyl (C=O) groups is 2. The van der Waals surface area contributed by atoms with E-state index in [1.807, 2.05) is 32.0 Å². The van der Waals surface area contributed by atoms with E-state index in [4.69, 9.17) is 23.2 Å². The second kappa shape index (κ2) is 10.1. The number of amides is 2. The van der Waals surface area contributed by atoms with Gasteiger partial charge in [-0.1, -0.05) is 41.4 Å². The molecule has 3 rings (SSSR count). The standard InChI is InChI=1S/C23H25Cl2N3O2/c1-16-4-3-5-17(2)23(16)26-21(29)15-27-10-12-28(13-11-27)22(30)9-6-18-14-19(24)7-8-20(18)25/h3-9,14H,10-13,15H2,1-2H3,(H,26,29). The maximum absolute atomic E-state index is 12.5. The predicted molar refractivity (Wildman–Crippen MR) is 123 cm³/mol. The third kappa shape index (κ3) is 5.85. The summed E-state index contributed by atoms with van der Waals surface area (Å²) < 4.78 is 0. The number of anilines is 1. The Morgan fingerprint density at radius 1 is 1.03 bits per heavy atom. The van der Waals surface area contributed by atoms with Crippen molar-refractivity contribution in [2.75, 3.05) is 38.0 Å². The fraction of sp³-hybridized carbons (Fsp3) is 0.304. The number of nitrogens with zero attached hydrogens (tertiary/aromatic N) is 2. The van der Waals surface area contributed by atoms with Gasteiger partial charge in [0.05, 0.1) is 6.54 Å². The molecule has 1 N–H and O–H groups in total. The van der Waals surface area contributed by atoms with Gasteiger partial charge in [0.1, 0.15) is 0 Å². The van der Waals surface area contributed by atoms with Crippen molar-refractivity contribution in [1.82, 2.24) is 9.80 Å². The number of halogens is 2. The minimum Gasteiger partial charge on any atom is -0.337 e. The Morgan fingerprint density at radius 3 is 2.37 bits per heavy atom. The van der Waals surface area contributed by atoms with Gasteiger partial charge in [0.25, 0.3) is 0 Å². The summed E-state index contributed by atoms with van der Waals surface area (Å²) in [4.78, 5) is 28.8. The fourth-order valence-corrected chi connectivity index (χ4v) is 3.79. The van der Waals surface area contributed by atoms with Gasteiger partial charge < -0.3 is 10.2 Å². The lowest BCUT2D eigenvalue weighted by Crippen LogP contribution is -2.50. The Balaban J connectivity index is 1.49. The van der Waals surface area contributed by atoms with Gasteiger partial charge in [-0.25, -0.2) is 0 Å². The van der Waals surface area contributed by atoms with Crippen LogP contribution in [0.4, 0.5) is 5.69 Å². The number of benzene rings is 2. The molecule has 0 saturated carbocycles. The second-order valence-electron chi connectivity index (χ2n) is 7.42. The van der Waals surface area contributed by atoms with Crippen molar-refractivity contribution >= 4 is 46.8 Å². The van der Waals surface area contributed by atoms with Crippen LogP contribution in [-0.4, -0.2) is 54.3 Å². The lowest BCUT2D eigenvalue weighted by Gasteiger charge is -2.33. The SMILES string of the molecule is Cc1cccc(C)c1NC(=O)CN1CCN(C(=O)C=Cc2cc(Cl)ccc2Cl)CC1. The van der Waals surface area contributed by atoms with E-state index in [1.54, 1.807) is 29.2 Å². The van der Waals surface area contributed by atoms with Gasteiger partial charge in [-0.05, 0) is 54.8 Å². The largest absolute Gasteiger partial charge is 0.337 e. The molecule has 7 heteroatoms. The minimum atomic E-state index is -0.0781. The average Bonchev–Trinajstić information content (AvgIpc) is 2.72. The Hall–Kier alpha value is -2.34. The first-order valence-electron chi connectivity index (χ1n) is 9.84. The number of aryl methyl sites for hydroxylation is 2. The molecule has 30 heavy (non-hydrogen) atoms. The maximum Gasteiger partial charge on any atom is 0.246 e. The van der Waals surface area contributed by atoms with Gasteiger partial charge in [-0.3, -0.25) is 14.5 Å². The number of rotatable bonds is 5. The van der Waals surface area contributed by atoms with Crippen molar-refractivity contribution in [3.8, 4) is 0 Å². The van der Waals surface area contributed by atoms with Crippen LogP contribution in [0.5, 0.6) is 0 Å². The molecule has 2 amide bonds. The molecule has 0 atom stereocenters. The number of hydrogen-bond acceptors (Lipinski definition) is 3. The molecule has 1 aliphatic heterocycles. The molecule has 1 fully saturated rings. The number of hydrogen-bond donors (Lipinski definition) is 1. The second-order valence-corrected chi connectivity index (χ2v) is 8.26. The normalized spacial score (nSPS) is 14.9. The fourth-order valence-electron chi connectivity index (χ4n) is 3.43. The number of carbonyl (C=O) groups excluding carboxylic acids is 2. The van der Waals surface area contributed by atoms with Crippen molar-refractivity contribution in [3.63, 3.8) is 0 Å². The minimum absolute atomic E-state index is 0.0392. The summed E-state index contributed by atoms with van der Waals surface area (Å²) in [6.45, 7) is 6.72.